The van der Waals surface area contributed by atoms with Gasteiger partial charge in [-0.15, -0.1) is 0 Å². The molecule has 0 aliphatic rings. The Morgan fingerprint density at radius 2 is 1.85 bits per heavy atom. The van der Waals surface area contributed by atoms with E-state index in [1.807, 2.05) is 0 Å². The van der Waals surface area contributed by atoms with Crippen LogP contribution in [0.3, 0.4) is 0 Å². The molecule has 0 saturated carbocycles. The van der Waals surface area contributed by atoms with E-state index in [4.69, 9.17) is 11.6 Å². The van der Waals surface area contributed by atoms with Crippen molar-refractivity contribution >= 4 is 11.6 Å². The highest BCUT2D eigenvalue weighted by molar-refractivity contribution is 6.30. The van der Waals surface area contributed by atoms with Crippen LogP contribution in [0.2, 0.25) is 5.02 Å². The van der Waals surface area contributed by atoms with E-state index in [0.29, 0.717) is 12.0 Å². The summed E-state index contributed by atoms with van der Waals surface area (Å²) in [5.74, 6) is 0. The molecule has 0 spiro atoms. The number of hydrogen-bond donors (Lipinski definition) is 0. The van der Waals surface area contributed by atoms with Gasteiger partial charge in [-0.05, 0) is 30.2 Å². The molecule has 1 aromatic rings. The molecule has 1 aromatic carbocycles. The van der Waals surface area contributed by atoms with E-state index in [-0.39, 0.29) is 5.02 Å². The third kappa shape index (κ3) is 2.62. The van der Waals surface area contributed by atoms with Gasteiger partial charge in [0, 0.05) is 5.02 Å². The fraction of sp³-hybridized carbons (Fsp3) is 0.333. The van der Waals surface area contributed by atoms with Crippen LogP contribution in [0.15, 0.2) is 18.2 Å². The molecule has 4 heteroatoms. The van der Waals surface area contributed by atoms with Gasteiger partial charge in [0.1, 0.15) is 0 Å². The molecule has 0 atom stereocenters. The Morgan fingerprint density at radius 3 is 2.31 bits per heavy atom. The van der Waals surface area contributed by atoms with E-state index in [0.717, 1.165) is 12.1 Å². The summed E-state index contributed by atoms with van der Waals surface area (Å²) in [6.07, 6.45) is -3.77. The Morgan fingerprint density at radius 1 is 1.23 bits per heavy atom. The van der Waals surface area contributed by atoms with E-state index < -0.39 is 11.7 Å². The summed E-state index contributed by atoms with van der Waals surface area (Å²) in [5, 5.41) is 0.131. The second-order valence-electron chi connectivity index (χ2n) is 2.70. The van der Waals surface area contributed by atoms with Crippen molar-refractivity contribution < 1.29 is 13.2 Å². The van der Waals surface area contributed by atoms with Crippen molar-refractivity contribution in [2.75, 3.05) is 0 Å². The third-order valence-corrected chi connectivity index (χ3v) is 1.91. The summed E-state index contributed by atoms with van der Waals surface area (Å²) in [7, 11) is 0. The molecule has 0 aliphatic heterocycles. The van der Waals surface area contributed by atoms with Crippen LogP contribution in [0.5, 0.6) is 0 Å². The van der Waals surface area contributed by atoms with Crippen molar-refractivity contribution in [3.63, 3.8) is 0 Å². The van der Waals surface area contributed by atoms with Crippen molar-refractivity contribution in [2.24, 2.45) is 0 Å². The molecule has 0 amide bonds. The number of benzene rings is 1. The monoisotopic (exact) mass is 208 g/mol. The van der Waals surface area contributed by atoms with Gasteiger partial charge in [-0.1, -0.05) is 18.5 Å². The Labute approximate surface area is 79.3 Å². The molecule has 0 unspecified atom stereocenters. The van der Waals surface area contributed by atoms with E-state index in [9.17, 15) is 13.2 Å². The summed E-state index contributed by atoms with van der Waals surface area (Å²) in [6, 6.07) is 3.59. The minimum absolute atomic E-state index is 0.131. The first-order valence-electron chi connectivity index (χ1n) is 3.80. The lowest BCUT2D eigenvalue weighted by Crippen LogP contribution is -2.05. The van der Waals surface area contributed by atoms with Crippen molar-refractivity contribution in [2.45, 2.75) is 19.5 Å². The molecule has 0 saturated heterocycles. The van der Waals surface area contributed by atoms with Gasteiger partial charge in [0.15, 0.2) is 0 Å². The second kappa shape index (κ2) is 3.58. The topological polar surface area (TPSA) is 0 Å². The highest BCUT2D eigenvalue weighted by atomic mass is 35.5. The number of hydrogen-bond acceptors (Lipinski definition) is 0. The van der Waals surface area contributed by atoms with Gasteiger partial charge in [-0.3, -0.25) is 0 Å². The Bertz CT molecular complexity index is 304. The van der Waals surface area contributed by atoms with Gasteiger partial charge in [0.25, 0.3) is 0 Å². The maximum atomic E-state index is 12.2. The van der Waals surface area contributed by atoms with Crippen LogP contribution in [0.1, 0.15) is 18.1 Å². The average Bonchev–Trinajstić information content (AvgIpc) is 2.01. The fourth-order valence-corrected chi connectivity index (χ4v) is 1.28. The van der Waals surface area contributed by atoms with Crippen molar-refractivity contribution in [3.8, 4) is 0 Å². The van der Waals surface area contributed by atoms with Crippen LogP contribution in [0.4, 0.5) is 13.2 Å². The molecule has 0 radical (unpaired) electrons. The van der Waals surface area contributed by atoms with Gasteiger partial charge in [0.2, 0.25) is 0 Å². The van der Waals surface area contributed by atoms with Gasteiger partial charge >= 0.3 is 6.18 Å². The minimum atomic E-state index is -4.31. The summed E-state index contributed by atoms with van der Waals surface area (Å²) in [5.41, 5.74) is -0.0864. The molecule has 0 fully saturated rings. The predicted molar refractivity (Wildman–Crippen MR) is 45.8 cm³/mol. The van der Waals surface area contributed by atoms with Crippen molar-refractivity contribution in [1.82, 2.24) is 0 Å². The molecule has 0 N–H and O–H groups in total. The van der Waals surface area contributed by atoms with Crippen molar-refractivity contribution in [1.29, 1.82) is 0 Å². The van der Waals surface area contributed by atoms with Crippen LogP contribution in [-0.2, 0) is 12.6 Å². The average molecular weight is 209 g/mol. The highest BCUT2D eigenvalue weighted by Crippen LogP contribution is 2.31. The molecule has 0 bridgehead atoms. The summed E-state index contributed by atoms with van der Waals surface area (Å²) < 4.78 is 36.7. The molecule has 0 aliphatic carbocycles. The number of halogens is 4. The van der Waals surface area contributed by atoms with E-state index in [1.165, 1.54) is 6.07 Å². The van der Waals surface area contributed by atoms with Gasteiger partial charge < -0.3 is 0 Å². The normalized spacial score (nSPS) is 11.8. The number of aryl methyl sites for hydroxylation is 1. The largest absolute Gasteiger partial charge is 0.416 e. The Kier molecular flexibility index (Phi) is 2.86. The molecule has 13 heavy (non-hydrogen) atoms. The maximum Gasteiger partial charge on any atom is 0.416 e. The molecule has 1 rings (SSSR count). The first-order valence-corrected chi connectivity index (χ1v) is 4.18. The minimum Gasteiger partial charge on any atom is -0.166 e. The molecule has 72 valence electrons. The Hall–Kier alpha value is -0.700. The smallest absolute Gasteiger partial charge is 0.166 e. The zero-order valence-electron chi connectivity index (χ0n) is 6.95. The zero-order valence-corrected chi connectivity index (χ0v) is 7.71. The lowest BCUT2D eigenvalue weighted by Gasteiger charge is -2.08. The lowest BCUT2D eigenvalue weighted by atomic mass is 10.1. The molecule has 0 nitrogen and oxygen atoms in total. The number of rotatable bonds is 1. The van der Waals surface area contributed by atoms with E-state index in [2.05, 4.69) is 0 Å². The van der Waals surface area contributed by atoms with Gasteiger partial charge in [-0.25, -0.2) is 0 Å². The molecule has 0 aromatic heterocycles. The van der Waals surface area contributed by atoms with Crippen LogP contribution in [0, 0.1) is 0 Å². The molecular formula is C9H8ClF3. The quantitative estimate of drug-likeness (QED) is 0.656. The van der Waals surface area contributed by atoms with Crippen LogP contribution in [0.25, 0.3) is 0 Å². The van der Waals surface area contributed by atoms with Gasteiger partial charge in [-0.2, -0.15) is 13.2 Å². The predicted octanol–water partition coefficient (Wildman–Crippen LogP) is 3.92. The van der Waals surface area contributed by atoms with Crippen molar-refractivity contribution in [3.05, 3.63) is 34.3 Å². The standard InChI is InChI=1S/C9H8ClF3/c1-2-6-3-7(9(11,12)13)5-8(10)4-6/h3-5H,2H2,1H3. The first kappa shape index (κ1) is 10.4. The van der Waals surface area contributed by atoms with Gasteiger partial charge in [0.05, 0.1) is 5.56 Å². The fourth-order valence-electron chi connectivity index (χ4n) is 1.02. The van der Waals surface area contributed by atoms with E-state index >= 15 is 0 Å². The zero-order chi connectivity index (χ0) is 10.1. The van der Waals surface area contributed by atoms with Crippen LogP contribution in [-0.4, -0.2) is 0 Å². The van der Waals surface area contributed by atoms with Crippen LogP contribution >= 0.6 is 11.6 Å². The summed E-state index contributed by atoms with van der Waals surface area (Å²) in [6.45, 7) is 1.78. The first-order chi connectivity index (χ1) is 5.93. The summed E-state index contributed by atoms with van der Waals surface area (Å²) >= 11 is 5.53. The molecule has 0 heterocycles. The highest BCUT2D eigenvalue weighted by Gasteiger charge is 2.30. The number of alkyl halides is 3. The second-order valence-corrected chi connectivity index (χ2v) is 3.14. The van der Waals surface area contributed by atoms with Crippen LogP contribution < -0.4 is 0 Å². The molecular weight excluding hydrogens is 201 g/mol. The maximum absolute atomic E-state index is 12.2. The Balaban J connectivity index is 3.16. The SMILES string of the molecule is CCc1cc(Cl)cc(C(F)(F)F)c1. The summed E-state index contributed by atoms with van der Waals surface area (Å²) in [4.78, 5) is 0. The third-order valence-electron chi connectivity index (χ3n) is 1.69. The lowest BCUT2D eigenvalue weighted by molar-refractivity contribution is -0.137. The van der Waals surface area contributed by atoms with E-state index in [1.54, 1.807) is 6.92 Å².